The average molecular weight is 259 g/mol. The van der Waals surface area contributed by atoms with Gasteiger partial charge in [-0.25, -0.2) is 4.79 Å². The molecule has 0 aliphatic carbocycles. The van der Waals surface area contributed by atoms with E-state index in [-0.39, 0.29) is 11.5 Å². The zero-order valence-electron chi connectivity index (χ0n) is 10.5. The lowest BCUT2D eigenvalue weighted by atomic mass is 10.1. The summed E-state index contributed by atoms with van der Waals surface area (Å²) in [4.78, 5) is 22.7. The lowest BCUT2D eigenvalue weighted by Crippen LogP contribution is -2.13. The summed E-state index contributed by atoms with van der Waals surface area (Å²) in [7, 11) is 0. The highest BCUT2D eigenvalue weighted by atomic mass is 16.4. The van der Waals surface area contributed by atoms with Crippen LogP contribution in [-0.4, -0.2) is 27.2 Å². The van der Waals surface area contributed by atoms with Crippen molar-refractivity contribution in [3.63, 3.8) is 0 Å². The molecule has 1 aromatic heterocycles. The molecule has 0 spiro atoms. The minimum atomic E-state index is -0.996. The van der Waals surface area contributed by atoms with Crippen molar-refractivity contribution in [2.24, 2.45) is 0 Å². The van der Waals surface area contributed by atoms with E-state index in [1.165, 1.54) is 12.1 Å². The van der Waals surface area contributed by atoms with Gasteiger partial charge in [0, 0.05) is 11.4 Å². The van der Waals surface area contributed by atoms with E-state index < -0.39 is 5.97 Å². The molecule has 98 valence electrons. The second-order valence-corrected chi connectivity index (χ2v) is 4.23. The monoisotopic (exact) mass is 259 g/mol. The van der Waals surface area contributed by atoms with Crippen molar-refractivity contribution in [1.29, 1.82) is 0 Å². The number of nitrogens with one attached hydrogen (secondary N) is 2. The van der Waals surface area contributed by atoms with Gasteiger partial charge in [-0.15, -0.1) is 0 Å². The van der Waals surface area contributed by atoms with Crippen molar-refractivity contribution in [2.75, 3.05) is 5.32 Å². The summed E-state index contributed by atoms with van der Waals surface area (Å²) in [5.74, 6) is -1.33. The molecule has 2 rings (SSSR count). The summed E-state index contributed by atoms with van der Waals surface area (Å²) in [5, 5.41) is 18.1. The van der Waals surface area contributed by atoms with Crippen LogP contribution in [-0.2, 0) is 0 Å². The molecule has 0 aliphatic heterocycles. The van der Waals surface area contributed by atoms with Gasteiger partial charge >= 0.3 is 5.97 Å². The number of anilines is 1. The fraction of sp³-hybridized carbons (Fsp3) is 0.154. The molecule has 1 heterocycles. The molecule has 0 bridgehead atoms. The Kier molecular flexibility index (Phi) is 3.33. The normalized spacial score (nSPS) is 10.2. The van der Waals surface area contributed by atoms with Gasteiger partial charge in [-0.3, -0.25) is 9.89 Å². The van der Waals surface area contributed by atoms with Gasteiger partial charge in [0.05, 0.1) is 5.56 Å². The van der Waals surface area contributed by atoms with Crippen molar-refractivity contribution in [1.82, 2.24) is 10.2 Å². The molecule has 0 saturated heterocycles. The summed E-state index contributed by atoms with van der Waals surface area (Å²) in [6.07, 6.45) is 0. The molecule has 6 nitrogen and oxygen atoms in total. The number of carbonyl (C=O) groups is 2. The maximum atomic E-state index is 11.9. The minimum Gasteiger partial charge on any atom is -0.478 e. The second kappa shape index (κ2) is 4.93. The summed E-state index contributed by atoms with van der Waals surface area (Å²) in [6.45, 7) is 3.54. The SMILES string of the molecule is Cc1cc(C(=O)Nc2ccc(C(=O)O)cc2C)n[nH]1. The van der Waals surface area contributed by atoms with Crippen LogP contribution in [0.4, 0.5) is 5.69 Å². The number of aromatic amines is 1. The zero-order valence-corrected chi connectivity index (χ0v) is 10.5. The maximum Gasteiger partial charge on any atom is 0.335 e. The third-order valence-electron chi connectivity index (χ3n) is 2.66. The first kappa shape index (κ1) is 12.8. The summed E-state index contributed by atoms with van der Waals surface area (Å²) in [6, 6.07) is 6.15. The van der Waals surface area contributed by atoms with Gasteiger partial charge in [-0.1, -0.05) is 0 Å². The highest BCUT2D eigenvalue weighted by molar-refractivity contribution is 6.03. The number of carbonyl (C=O) groups excluding carboxylic acids is 1. The van der Waals surface area contributed by atoms with Crippen molar-refractivity contribution in [3.8, 4) is 0 Å². The van der Waals surface area contributed by atoms with Gasteiger partial charge in [0.2, 0.25) is 0 Å². The number of carboxylic acid groups (broad SMARTS) is 1. The molecular weight excluding hydrogens is 246 g/mol. The van der Waals surface area contributed by atoms with Crippen LogP contribution in [0.25, 0.3) is 0 Å². The first-order valence-electron chi connectivity index (χ1n) is 5.64. The first-order valence-corrected chi connectivity index (χ1v) is 5.64. The highest BCUT2D eigenvalue weighted by Crippen LogP contribution is 2.17. The van der Waals surface area contributed by atoms with E-state index in [2.05, 4.69) is 15.5 Å². The number of hydrogen-bond acceptors (Lipinski definition) is 3. The van der Waals surface area contributed by atoms with Crippen molar-refractivity contribution < 1.29 is 14.7 Å². The molecule has 6 heteroatoms. The number of aryl methyl sites for hydroxylation is 2. The largest absolute Gasteiger partial charge is 0.478 e. The summed E-state index contributed by atoms with van der Waals surface area (Å²) < 4.78 is 0. The average Bonchev–Trinajstić information content (AvgIpc) is 2.78. The van der Waals surface area contributed by atoms with E-state index in [0.29, 0.717) is 16.9 Å². The molecule has 0 saturated carbocycles. The molecule has 2 aromatic rings. The van der Waals surface area contributed by atoms with Crippen molar-refractivity contribution >= 4 is 17.6 Å². The van der Waals surface area contributed by atoms with Crippen molar-refractivity contribution in [2.45, 2.75) is 13.8 Å². The number of hydrogen-bond donors (Lipinski definition) is 3. The minimum absolute atomic E-state index is 0.186. The maximum absolute atomic E-state index is 11.9. The smallest absolute Gasteiger partial charge is 0.335 e. The molecule has 0 atom stereocenters. The Hall–Kier alpha value is -2.63. The number of H-pyrrole nitrogens is 1. The Bertz CT molecular complexity index is 646. The number of amides is 1. The van der Waals surface area contributed by atoms with Gasteiger partial charge in [-0.2, -0.15) is 5.10 Å². The van der Waals surface area contributed by atoms with Crippen LogP contribution in [0.15, 0.2) is 24.3 Å². The Labute approximate surface area is 109 Å². The molecule has 0 aliphatic rings. The van der Waals surface area contributed by atoms with Gasteiger partial charge in [0.1, 0.15) is 0 Å². The summed E-state index contributed by atoms with van der Waals surface area (Å²) >= 11 is 0. The Morgan fingerprint density at radius 2 is 2.00 bits per heavy atom. The van der Waals surface area contributed by atoms with Crippen LogP contribution >= 0.6 is 0 Å². The third-order valence-corrected chi connectivity index (χ3v) is 2.66. The quantitative estimate of drug-likeness (QED) is 0.785. The van der Waals surface area contributed by atoms with Crippen LogP contribution in [0.3, 0.4) is 0 Å². The number of rotatable bonds is 3. The molecule has 3 N–H and O–H groups in total. The Morgan fingerprint density at radius 1 is 1.26 bits per heavy atom. The number of benzene rings is 1. The van der Waals surface area contributed by atoms with Gasteiger partial charge < -0.3 is 10.4 Å². The fourth-order valence-electron chi connectivity index (χ4n) is 1.66. The molecule has 19 heavy (non-hydrogen) atoms. The van der Waals surface area contributed by atoms with Gasteiger partial charge in [-0.05, 0) is 43.7 Å². The second-order valence-electron chi connectivity index (χ2n) is 4.23. The Morgan fingerprint density at radius 3 is 2.53 bits per heavy atom. The third kappa shape index (κ3) is 2.79. The van der Waals surface area contributed by atoms with Crippen LogP contribution in [0, 0.1) is 13.8 Å². The molecule has 0 fully saturated rings. The van der Waals surface area contributed by atoms with E-state index in [1.54, 1.807) is 26.0 Å². The molecule has 1 aromatic carbocycles. The standard InChI is InChI=1S/C13H13N3O3/c1-7-5-9(13(18)19)3-4-10(7)14-12(17)11-6-8(2)15-16-11/h3-6H,1-2H3,(H,14,17)(H,15,16)(H,18,19). The lowest BCUT2D eigenvalue weighted by molar-refractivity contribution is 0.0696. The van der Waals surface area contributed by atoms with Crippen LogP contribution in [0.1, 0.15) is 32.1 Å². The van der Waals surface area contributed by atoms with E-state index >= 15 is 0 Å². The predicted molar refractivity (Wildman–Crippen MR) is 69.4 cm³/mol. The molecule has 0 radical (unpaired) electrons. The molecule has 0 unspecified atom stereocenters. The molecule has 1 amide bonds. The van der Waals surface area contributed by atoms with E-state index in [1.807, 2.05) is 0 Å². The number of carboxylic acids is 1. The number of nitrogens with zero attached hydrogens (tertiary/aromatic N) is 1. The molecular formula is C13H13N3O3. The van der Waals surface area contributed by atoms with E-state index in [0.717, 1.165) is 5.69 Å². The van der Waals surface area contributed by atoms with Crippen LogP contribution in [0.2, 0.25) is 0 Å². The van der Waals surface area contributed by atoms with Gasteiger partial charge in [0.25, 0.3) is 5.91 Å². The van der Waals surface area contributed by atoms with Crippen molar-refractivity contribution in [3.05, 3.63) is 46.8 Å². The first-order chi connectivity index (χ1) is 8.97. The fourth-order valence-corrected chi connectivity index (χ4v) is 1.66. The van der Waals surface area contributed by atoms with Crippen LogP contribution < -0.4 is 5.32 Å². The topological polar surface area (TPSA) is 95.1 Å². The zero-order chi connectivity index (χ0) is 14.0. The highest BCUT2D eigenvalue weighted by Gasteiger charge is 2.12. The Balaban J connectivity index is 2.20. The van der Waals surface area contributed by atoms with Crippen LogP contribution in [0.5, 0.6) is 0 Å². The van der Waals surface area contributed by atoms with E-state index in [4.69, 9.17) is 5.11 Å². The van der Waals surface area contributed by atoms with E-state index in [9.17, 15) is 9.59 Å². The van der Waals surface area contributed by atoms with Gasteiger partial charge in [0.15, 0.2) is 5.69 Å². The lowest BCUT2D eigenvalue weighted by Gasteiger charge is -2.07. The summed E-state index contributed by atoms with van der Waals surface area (Å²) in [5.41, 5.74) is 2.52. The predicted octanol–water partition coefficient (Wildman–Crippen LogP) is 1.98. The number of aromatic nitrogens is 2. The number of aromatic carboxylic acids is 1.